The molecule has 2 aliphatic heterocycles. The minimum absolute atomic E-state index is 0.0218. The normalized spacial score (nSPS) is 25.4. The van der Waals surface area contributed by atoms with Crippen LogP contribution in [0.4, 0.5) is 5.82 Å². The van der Waals surface area contributed by atoms with Crippen molar-refractivity contribution in [2.75, 3.05) is 38.9 Å². The monoisotopic (exact) mass is 499 g/mol. The highest BCUT2D eigenvalue weighted by Gasteiger charge is 2.48. The number of nitrogens with zero attached hydrogens (tertiary/aromatic N) is 5. The van der Waals surface area contributed by atoms with Gasteiger partial charge in [-0.15, -0.1) is 0 Å². The standard InChI is InChI=1S/C24H26ClN5O5/c1-32-23(31)17-7-15-5-14(17)11-29(15)21-9-22(28-24(27-21)33-2)30-19-8-20(35-16-3-4-34-12-16)18(25)6-13(19)10-26-30/h6,8-10,14-17H,3-5,7,11-12H2,1-2H3/t14?,15?,16-,17?/m0/s1. The van der Waals surface area contributed by atoms with Crippen LogP contribution in [0.5, 0.6) is 11.8 Å². The van der Waals surface area contributed by atoms with Crippen LogP contribution < -0.4 is 14.4 Å². The Bertz CT molecular complexity index is 1280. The number of hydrogen-bond acceptors (Lipinski definition) is 9. The van der Waals surface area contributed by atoms with Crippen LogP contribution in [0.1, 0.15) is 19.3 Å². The Morgan fingerprint density at radius 3 is 2.74 bits per heavy atom. The van der Waals surface area contributed by atoms with Gasteiger partial charge >= 0.3 is 12.0 Å². The Balaban J connectivity index is 1.34. The highest BCUT2D eigenvalue weighted by molar-refractivity contribution is 6.32. The first kappa shape index (κ1) is 22.4. The van der Waals surface area contributed by atoms with E-state index in [9.17, 15) is 4.79 Å². The zero-order chi connectivity index (χ0) is 24.1. The van der Waals surface area contributed by atoms with Gasteiger partial charge in [-0.1, -0.05) is 11.6 Å². The van der Waals surface area contributed by atoms with Crippen molar-refractivity contribution < 1.29 is 23.7 Å². The lowest BCUT2D eigenvalue weighted by Crippen LogP contribution is -2.38. The maximum atomic E-state index is 12.1. The highest BCUT2D eigenvalue weighted by atomic mass is 35.5. The van der Waals surface area contributed by atoms with Crippen molar-refractivity contribution in [2.24, 2.45) is 11.8 Å². The predicted molar refractivity (Wildman–Crippen MR) is 127 cm³/mol. The highest BCUT2D eigenvalue weighted by Crippen LogP contribution is 2.44. The molecule has 0 radical (unpaired) electrons. The summed E-state index contributed by atoms with van der Waals surface area (Å²) in [6.07, 6.45) is 4.25. The Hall–Kier alpha value is -3.11. The average Bonchev–Trinajstić information content (AvgIpc) is 3.67. The van der Waals surface area contributed by atoms with Crippen LogP contribution >= 0.6 is 11.6 Å². The average molecular weight is 500 g/mol. The number of piperidine rings is 1. The van der Waals surface area contributed by atoms with Crippen LogP contribution in [0.2, 0.25) is 5.02 Å². The molecule has 6 rings (SSSR count). The number of anilines is 1. The number of benzene rings is 1. The topological polar surface area (TPSA) is 101 Å². The molecule has 3 unspecified atom stereocenters. The minimum atomic E-state index is -0.123. The molecule has 2 bridgehead atoms. The molecule has 3 aromatic rings. The number of methoxy groups -OCH3 is 2. The van der Waals surface area contributed by atoms with Crippen LogP contribution in [0, 0.1) is 11.8 Å². The summed E-state index contributed by atoms with van der Waals surface area (Å²) in [5.74, 6) is 1.99. The van der Waals surface area contributed by atoms with E-state index in [1.54, 1.807) is 18.0 Å². The minimum Gasteiger partial charge on any atom is -0.486 e. The first-order chi connectivity index (χ1) is 17.0. The third-order valence-electron chi connectivity index (χ3n) is 7.22. The van der Waals surface area contributed by atoms with Crippen molar-refractivity contribution in [2.45, 2.75) is 31.4 Å². The van der Waals surface area contributed by atoms with Gasteiger partial charge in [0.25, 0.3) is 0 Å². The molecule has 1 saturated carbocycles. The number of esters is 1. The van der Waals surface area contributed by atoms with Gasteiger partial charge in [-0.05, 0) is 24.8 Å². The summed E-state index contributed by atoms with van der Waals surface area (Å²) < 4.78 is 23.7. The van der Waals surface area contributed by atoms with Crippen LogP contribution in [-0.2, 0) is 14.3 Å². The molecule has 4 atom stereocenters. The molecule has 184 valence electrons. The van der Waals surface area contributed by atoms with Gasteiger partial charge in [0.15, 0.2) is 5.82 Å². The molecule has 2 saturated heterocycles. The van der Waals surface area contributed by atoms with Crippen LogP contribution in [-0.4, -0.2) is 71.8 Å². The molecule has 0 amide bonds. The maximum absolute atomic E-state index is 12.1. The fourth-order valence-corrected chi connectivity index (χ4v) is 5.72. The van der Waals surface area contributed by atoms with Gasteiger partial charge in [0.1, 0.15) is 17.7 Å². The Labute approximate surface area is 207 Å². The molecule has 1 aromatic carbocycles. The van der Waals surface area contributed by atoms with E-state index in [4.69, 9.17) is 30.5 Å². The van der Waals surface area contributed by atoms with Gasteiger partial charge in [0.05, 0.1) is 50.1 Å². The number of fused-ring (bicyclic) bond motifs is 3. The van der Waals surface area contributed by atoms with Crippen molar-refractivity contribution in [3.05, 3.63) is 29.4 Å². The summed E-state index contributed by atoms with van der Waals surface area (Å²) in [6, 6.07) is 6.11. The van der Waals surface area contributed by atoms with Crippen LogP contribution in [0.15, 0.2) is 24.4 Å². The second kappa shape index (κ2) is 8.83. The summed E-state index contributed by atoms with van der Waals surface area (Å²) in [5.41, 5.74) is 0.809. The number of carbonyl (C=O) groups excluding carboxylic acids is 1. The lowest BCUT2D eigenvalue weighted by molar-refractivity contribution is -0.146. The molecular weight excluding hydrogens is 474 g/mol. The molecular formula is C24H26ClN5O5. The number of hydrogen-bond donors (Lipinski definition) is 0. The number of carbonyl (C=O) groups is 1. The molecule has 0 N–H and O–H groups in total. The number of rotatable bonds is 6. The molecule has 3 fully saturated rings. The quantitative estimate of drug-likeness (QED) is 0.473. The molecule has 10 nitrogen and oxygen atoms in total. The van der Waals surface area contributed by atoms with Crippen molar-refractivity contribution in [3.8, 4) is 17.6 Å². The second-order valence-electron chi connectivity index (χ2n) is 9.24. The van der Waals surface area contributed by atoms with Crippen molar-refractivity contribution in [1.29, 1.82) is 0 Å². The largest absolute Gasteiger partial charge is 0.486 e. The zero-order valence-corrected chi connectivity index (χ0v) is 20.3. The van der Waals surface area contributed by atoms with Gasteiger partial charge in [0, 0.05) is 36.5 Å². The van der Waals surface area contributed by atoms with E-state index in [1.807, 2.05) is 18.2 Å². The Morgan fingerprint density at radius 1 is 1.17 bits per heavy atom. The van der Waals surface area contributed by atoms with Crippen molar-refractivity contribution in [1.82, 2.24) is 19.7 Å². The number of halogens is 1. The van der Waals surface area contributed by atoms with E-state index >= 15 is 0 Å². The van der Waals surface area contributed by atoms with Crippen molar-refractivity contribution >= 4 is 34.3 Å². The molecule has 4 heterocycles. The molecule has 1 aliphatic carbocycles. The van der Waals surface area contributed by atoms with Crippen LogP contribution in [0.25, 0.3) is 16.7 Å². The summed E-state index contributed by atoms with van der Waals surface area (Å²) in [6.45, 7) is 1.97. The third-order valence-corrected chi connectivity index (χ3v) is 7.52. The first-order valence-corrected chi connectivity index (χ1v) is 12.1. The van der Waals surface area contributed by atoms with Gasteiger partial charge in [-0.2, -0.15) is 15.1 Å². The van der Waals surface area contributed by atoms with E-state index in [-0.39, 0.29) is 36.0 Å². The fraction of sp³-hybridized carbons (Fsp3) is 0.500. The van der Waals surface area contributed by atoms with E-state index < -0.39 is 0 Å². The molecule has 2 aromatic heterocycles. The third kappa shape index (κ3) is 3.94. The molecule has 11 heteroatoms. The van der Waals surface area contributed by atoms with Gasteiger partial charge < -0.3 is 23.8 Å². The van der Waals surface area contributed by atoms with Crippen molar-refractivity contribution in [3.63, 3.8) is 0 Å². The Morgan fingerprint density at radius 2 is 2.03 bits per heavy atom. The molecule has 3 aliphatic rings. The summed E-state index contributed by atoms with van der Waals surface area (Å²) in [7, 11) is 3.00. The smallest absolute Gasteiger partial charge is 0.320 e. The number of ether oxygens (including phenoxy) is 4. The van der Waals surface area contributed by atoms with E-state index in [1.165, 1.54) is 7.11 Å². The molecule has 0 spiro atoms. The van der Waals surface area contributed by atoms with E-state index in [0.717, 1.165) is 42.5 Å². The lowest BCUT2D eigenvalue weighted by atomic mass is 9.95. The lowest BCUT2D eigenvalue weighted by Gasteiger charge is -2.31. The van der Waals surface area contributed by atoms with Gasteiger partial charge in [-0.25, -0.2) is 4.68 Å². The second-order valence-corrected chi connectivity index (χ2v) is 9.65. The molecule has 35 heavy (non-hydrogen) atoms. The summed E-state index contributed by atoms with van der Waals surface area (Å²) >= 11 is 6.49. The predicted octanol–water partition coefficient (Wildman–Crippen LogP) is 3.03. The maximum Gasteiger partial charge on any atom is 0.320 e. The van der Waals surface area contributed by atoms with Crippen LogP contribution in [0.3, 0.4) is 0 Å². The van der Waals surface area contributed by atoms with Gasteiger partial charge in [-0.3, -0.25) is 4.79 Å². The number of aromatic nitrogens is 4. The SMILES string of the molecule is COC(=O)C1CC2CC1CN2c1cc(-n2ncc3cc(Cl)c(O[C@H]4CCOC4)cc32)nc(OC)n1. The Kier molecular flexibility index (Phi) is 5.64. The zero-order valence-electron chi connectivity index (χ0n) is 19.5. The van der Waals surface area contributed by atoms with Gasteiger partial charge in [0.2, 0.25) is 0 Å². The van der Waals surface area contributed by atoms with E-state index in [2.05, 4.69) is 20.0 Å². The first-order valence-electron chi connectivity index (χ1n) is 11.7. The summed E-state index contributed by atoms with van der Waals surface area (Å²) in [4.78, 5) is 23.5. The summed E-state index contributed by atoms with van der Waals surface area (Å²) in [5, 5.41) is 5.96. The fourth-order valence-electron chi connectivity index (χ4n) is 5.51. The van der Waals surface area contributed by atoms with E-state index in [0.29, 0.717) is 29.8 Å².